The van der Waals surface area contributed by atoms with Gasteiger partial charge in [-0.05, 0) is 49.9 Å². The number of rotatable bonds is 4. The van der Waals surface area contributed by atoms with Crippen molar-refractivity contribution in [2.24, 2.45) is 0 Å². The molecule has 1 nitrogen and oxygen atoms in total. The molecule has 0 fully saturated rings. The van der Waals surface area contributed by atoms with Crippen molar-refractivity contribution in [1.29, 1.82) is 0 Å². The van der Waals surface area contributed by atoms with E-state index in [2.05, 4.69) is 5.32 Å². The van der Waals surface area contributed by atoms with Crippen molar-refractivity contribution in [2.75, 3.05) is 7.05 Å². The molecule has 0 amide bonds. The molecule has 0 radical (unpaired) electrons. The summed E-state index contributed by atoms with van der Waals surface area (Å²) in [6.45, 7) is 2.00. The number of hydrogen-bond donors (Lipinski definition) is 1. The minimum absolute atomic E-state index is 0.139. The Morgan fingerprint density at radius 2 is 2.00 bits per heavy atom. The van der Waals surface area contributed by atoms with Gasteiger partial charge >= 0.3 is 0 Å². The summed E-state index contributed by atoms with van der Waals surface area (Å²) in [5.41, 5.74) is 0.940. The summed E-state index contributed by atoms with van der Waals surface area (Å²) >= 11 is 7.30. The zero-order chi connectivity index (χ0) is 13.8. The Bertz CT molecular complexity index is 574. The predicted octanol–water partition coefficient (Wildman–Crippen LogP) is 4.91. The van der Waals surface area contributed by atoms with Crippen LogP contribution in [0.5, 0.6) is 0 Å². The highest BCUT2D eigenvalue weighted by atomic mass is 35.5. The van der Waals surface area contributed by atoms with Crippen molar-refractivity contribution in [1.82, 2.24) is 5.32 Å². The Hall–Kier alpha value is -1.03. The molecule has 0 bridgehead atoms. The molecular formula is C15H15ClFNS. The van der Waals surface area contributed by atoms with Gasteiger partial charge in [-0.2, -0.15) is 0 Å². The quantitative estimate of drug-likeness (QED) is 0.860. The predicted molar refractivity (Wildman–Crippen MR) is 79.4 cm³/mol. The van der Waals surface area contributed by atoms with E-state index < -0.39 is 0 Å². The molecule has 2 rings (SSSR count). The van der Waals surface area contributed by atoms with Gasteiger partial charge in [0.1, 0.15) is 5.82 Å². The Labute approximate surface area is 122 Å². The first-order valence-corrected chi connectivity index (χ1v) is 7.19. The summed E-state index contributed by atoms with van der Waals surface area (Å²) < 4.78 is 14.1. The minimum atomic E-state index is -0.204. The standard InChI is InChI=1S/C15H15ClFNS/c1-10(18-2)11-6-7-15(14(17)8-11)19-13-5-3-4-12(16)9-13/h3-10,18H,1-2H3. The van der Waals surface area contributed by atoms with E-state index in [1.165, 1.54) is 11.8 Å². The average molecular weight is 296 g/mol. The van der Waals surface area contributed by atoms with E-state index in [1.807, 2.05) is 44.3 Å². The lowest BCUT2D eigenvalue weighted by molar-refractivity contribution is 0.587. The molecule has 100 valence electrons. The minimum Gasteiger partial charge on any atom is -0.313 e. The van der Waals surface area contributed by atoms with Gasteiger partial charge in [-0.3, -0.25) is 0 Å². The van der Waals surface area contributed by atoms with Gasteiger partial charge in [0.25, 0.3) is 0 Å². The smallest absolute Gasteiger partial charge is 0.137 e. The molecule has 2 aromatic rings. The van der Waals surface area contributed by atoms with Crippen LogP contribution in [0.2, 0.25) is 5.02 Å². The highest BCUT2D eigenvalue weighted by molar-refractivity contribution is 7.99. The Morgan fingerprint density at radius 1 is 1.21 bits per heavy atom. The highest BCUT2D eigenvalue weighted by Crippen LogP contribution is 2.32. The maximum absolute atomic E-state index is 14.1. The molecule has 2 aromatic carbocycles. The molecule has 1 N–H and O–H groups in total. The Balaban J connectivity index is 2.22. The van der Waals surface area contributed by atoms with E-state index >= 15 is 0 Å². The second kappa shape index (κ2) is 6.42. The van der Waals surface area contributed by atoms with Crippen LogP contribution in [-0.4, -0.2) is 7.05 Å². The second-order valence-corrected chi connectivity index (χ2v) is 5.81. The van der Waals surface area contributed by atoms with Gasteiger partial charge in [-0.25, -0.2) is 4.39 Å². The normalized spacial score (nSPS) is 12.4. The molecular weight excluding hydrogens is 281 g/mol. The molecule has 0 aliphatic carbocycles. The zero-order valence-corrected chi connectivity index (χ0v) is 12.4. The zero-order valence-electron chi connectivity index (χ0n) is 10.8. The van der Waals surface area contributed by atoms with Gasteiger partial charge in [0.15, 0.2) is 0 Å². The molecule has 19 heavy (non-hydrogen) atoms. The maximum atomic E-state index is 14.1. The number of hydrogen-bond acceptors (Lipinski definition) is 2. The summed E-state index contributed by atoms with van der Waals surface area (Å²) in [5.74, 6) is -0.204. The van der Waals surface area contributed by atoms with Gasteiger partial charge in [0, 0.05) is 20.9 Å². The second-order valence-electron chi connectivity index (χ2n) is 4.26. The number of nitrogens with one attached hydrogen (secondary N) is 1. The van der Waals surface area contributed by atoms with Crippen LogP contribution < -0.4 is 5.32 Å². The van der Waals surface area contributed by atoms with Crippen molar-refractivity contribution < 1.29 is 4.39 Å². The van der Waals surface area contributed by atoms with Gasteiger partial charge in [-0.1, -0.05) is 35.5 Å². The molecule has 0 aliphatic heterocycles. The summed E-state index contributed by atoms with van der Waals surface area (Å²) in [6.07, 6.45) is 0. The summed E-state index contributed by atoms with van der Waals surface area (Å²) in [5, 5.41) is 3.75. The first-order valence-electron chi connectivity index (χ1n) is 6.00. The lowest BCUT2D eigenvalue weighted by atomic mass is 10.1. The van der Waals surface area contributed by atoms with Crippen molar-refractivity contribution in [3.05, 3.63) is 58.9 Å². The molecule has 4 heteroatoms. The molecule has 0 heterocycles. The van der Waals surface area contributed by atoms with Crippen molar-refractivity contribution in [2.45, 2.75) is 22.8 Å². The van der Waals surface area contributed by atoms with E-state index in [-0.39, 0.29) is 11.9 Å². The molecule has 0 aromatic heterocycles. The number of benzene rings is 2. The monoisotopic (exact) mass is 295 g/mol. The van der Waals surface area contributed by atoms with Crippen LogP contribution in [0.3, 0.4) is 0 Å². The Kier molecular flexibility index (Phi) is 4.86. The lowest BCUT2D eigenvalue weighted by Crippen LogP contribution is -2.12. The van der Waals surface area contributed by atoms with E-state index in [4.69, 9.17) is 11.6 Å². The third kappa shape index (κ3) is 3.72. The molecule has 0 saturated heterocycles. The molecule has 0 aliphatic rings. The van der Waals surface area contributed by atoms with Crippen LogP contribution in [0.25, 0.3) is 0 Å². The largest absolute Gasteiger partial charge is 0.313 e. The van der Waals surface area contributed by atoms with Crippen molar-refractivity contribution >= 4 is 23.4 Å². The highest BCUT2D eigenvalue weighted by Gasteiger charge is 2.09. The van der Waals surface area contributed by atoms with Crippen molar-refractivity contribution in [3.63, 3.8) is 0 Å². The SMILES string of the molecule is CNC(C)c1ccc(Sc2cccc(Cl)c2)c(F)c1. The van der Waals surface area contributed by atoms with Crippen LogP contribution in [0.1, 0.15) is 18.5 Å². The van der Waals surface area contributed by atoms with Crippen molar-refractivity contribution in [3.8, 4) is 0 Å². The third-order valence-corrected chi connectivity index (χ3v) is 4.19. The van der Waals surface area contributed by atoms with E-state index in [1.54, 1.807) is 12.1 Å². The lowest BCUT2D eigenvalue weighted by Gasteiger charge is -2.12. The molecule has 0 saturated carbocycles. The topological polar surface area (TPSA) is 12.0 Å². The van der Waals surface area contributed by atoms with Gasteiger partial charge in [-0.15, -0.1) is 0 Å². The summed E-state index contributed by atoms with van der Waals surface area (Å²) in [6, 6.07) is 12.9. The fraction of sp³-hybridized carbons (Fsp3) is 0.200. The van der Waals surface area contributed by atoms with E-state index in [9.17, 15) is 4.39 Å². The van der Waals surface area contributed by atoms with E-state index in [0.717, 1.165) is 10.5 Å². The van der Waals surface area contributed by atoms with Crippen LogP contribution >= 0.6 is 23.4 Å². The summed E-state index contributed by atoms with van der Waals surface area (Å²) in [7, 11) is 1.86. The van der Waals surface area contributed by atoms with Crippen LogP contribution in [0.4, 0.5) is 4.39 Å². The average Bonchev–Trinajstić information content (AvgIpc) is 2.40. The molecule has 1 atom stereocenters. The fourth-order valence-corrected chi connectivity index (χ4v) is 2.83. The number of halogens is 2. The molecule has 0 spiro atoms. The van der Waals surface area contributed by atoms with Crippen LogP contribution in [0.15, 0.2) is 52.3 Å². The fourth-order valence-electron chi connectivity index (χ4n) is 1.69. The van der Waals surface area contributed by atoms with E-state index in [0.29, 0.717) is 9.92 Å². The third-order valence-electron chi connectivity index (χ3n) is 2.91. The van der Waals surface area contributed by atoms with Gasteiger partial charge in [0.2, 0.25) is 0 Å². The first-order chi connectivity index (χ1) is 9.10. The van der Waals surface area contributed by atoms with Gasteiger partial charge in [0.05, 0.1) is 0 Å². The molecule has 1 unspecified atom stereocenters. The first kappa shape index (κ1) is 14.4. The van der Waals surface area contributed by atoms with Gasteiger partial charge < -0.3 is 5.32 Å². The van der Waals surface area contributed by atoms with Crippen LogP contribution in [-0.2, 0) is 0 Å². The summed E-state index contributed by atoms with van der Waals surface area (Å²) in [4.78, 5) is 1.54. The Morgan fingerprint density at radius 3 is 2.63 bits per heavy atom. The maximum Gasteiger partial charge on any atom is 0.137 e. The van der Waals surface area contributed by atoms with Crippen LogP contribution in [0, 0.1) is 5.82 Å².